The van der Waals surface area contributed by atoms with Gasteiger partial charge >= 0.3 is 5.97 Å². The van der Waals surface area contributed by atoms with E-state index < -0.39 is 5.97 Å². The Bertz CT molecular complexity index is 598. The normalized spacial score (nSPS) is 10.7. The first-order valence-electron chi connectivity index (χ1n) is 4.48. The van der Waals surface area contributed by atoms with E-state index in [1.165, 1.54) is 6.07 Å². The third-order valence-electron chi connectivity index (χ3n) is 2.21. The number of aryl methyl sites for hydroxylation is 1. The molecule has 0 saturated heterocycles. The molecule has 0 aliphatic carbocycles. The van der Waals surface area contributed by atoms with Gasteiger partial charge in [-0.1, -0.05) is 27.5 Å². The molecule has 1 heterocycles. The molecule has 3 nitrogen and oxygen atoms in total. The standard InChI is InChI=1S/C11H7BrClNO2/c1-5-2-7-6(8(12)3-5)4-9(11(15)16)14-10(7)13/h2-4H,1H3,(H,15,16). The fourth-order valence-corrected chi connectivity index (χ4v) is 2.45. The second-order valence-electron chi connectivity index (χ2n) is 3.45. The molecule has 0 aliphatic heterocycles. The van der Waals surface area contributed by atoms with Gasteiger partial charge in [0.2, 0.25) is 0 Å². The van der Waals surface area contributed by atoms with Gasteiger partial charge in [-0.05, 0) is 30.7 Å². The Morgan fingerprint density at radius 3 is 2.69 bits per heavy atom. The van der Waals surface area contributed by atoms with Crippen molar-refractivity contribution in [1.29, 1.82) is 0 Å². The number of aromatic nitrogens is 1. The molecule has 1 N–H and O–H groups in total. The van der Waals surface area contributed by atoms with E-state index in [0.717, 1.165) is 20.8 Å². The molecule has 0 spiro atoms. The molecule has 0 atom stereocenters. The molecule has 0 bridgehead atoms. The van der Waals surface area contributed by atoms with Crippen LogP contribution in [0.15, 0.2) is 22.7 Å². The van der Waals surface area contributed by atoms with Crippen LogP contribution in [0.1, 0.15) is 16.1 Å². The van der Waals surface area contributed by atoms with Gasteiger partial charge in [0.1, 0.15) is 5.15 Å². The molecule has 0 radical (unpaired) electrons. The SMILES string of the molecule is Cc1cc(Br)c2cc(C(=O)O)nc(Cl)c2c1. The zero-order valence-corrected chi connectivity index (χ0v) is 10.6. The van der Waals surface area contributed by atoms with Gasteiger partial charge < -0.3 is 5.11 Å². The number of hydrogen-bond donors (Lipinski definition) is 1. The number of benzene rings is 1. The van der Waals surface area contributed by atoms with Crippen molar-refractivity contribution in [2.45, 2.75) is 6.92 Å². The summed E-state index contributed by atoms with van der Waals surface area (Å²) in [6.45, 7) is 1.94. The Morgan fingerprint density at radius 1 is 1.38 bits per heavy atom. The van der Waals surface area contributed by atoms with E-state index in [2.05, 4.69) is 20.9 Å². The third-order valence-corrected chi connectivity index (χ3v) is 3.16. The molecule has 82 valence electrons. The average Bonchev–Trinajstić information content (AvgIpc) is 2.19. The van der Waals surface area contributed by atoms with Crippen molar-refractivity contribution in [3.63, 3.8) is 0 Å². The van der Waals surface area contributed by atoms with E-state index in [1.54, 1.807) is 0 Å². The smallest absolute Gasteiger partial charge is 0.354 e. The average molecular weight is 301 g/mol. The Hall–Kier alpha value is -1.13. The van der Waals surface area contributed by atoms with Crippen LogP contribution in [0, 0.1) is 6.92 Å². The summed E-state index contributed by atoms with van der Waals surface area (Å²) in [6, 6.07) is 5.29. The number of carboxylic acid groups (broad SMARTS) is 1. The van der Waals surface area contributed by atoms with Crippen molar-refractivity contribution in [2.75, 3.05) is 0 Å². The summed E-state index contributed by atoms with van der Waals surface area (Å²) < 4.78 is 0.814. The molecule has 0 aliphatic rings. The minimum Gasteiger partial charge on any atom is -0.477 e. The molecule has 0 fully saturated rings. The van der Waals surface area contributed by atoms with Crippen LogP contribution < -0.4 is 0 Å². The molecular weight excluding hydrogens is 293 g/mol. The molecule has 0 saturated carbocycles. The predicted octanol–water partition coefficient (Wildman–Crippen LogP) is 3.66. The fraction of sp³-hybridized carbons (Fsp3) is 0.0909. The minimum absolute atomic E-state index is 0.0537. The lowest BCUT2D eigenvalue weighted by Gasteiger charge is -2.05. The second-order valence-corrected chi connectivity index (χ2v) is 4.66. The molecule has 1 aromatic heterocycles. The van der Waals surface area contributed by atoms with Crippen LogP contribution >= 0.6 is 27.5 Å². The first-order chi connectivity index (χ1) is 7.49. The van der Waals surface area contributed by atoms with Crippen molar-refractivity contribution in [3.05, 3.63) is 39.1 Å². The van der Waals surface area contributed by atoms with Crippen LogP contribution in [0.5, 0.6) is 0 Å². The largest absolute Gasteiger partial charge is 0.477 e. The van der Waals surface area contributed by atoms with E-state index >= 15 is 0 Å². The molecule has 16 heavy (non-hydrogen) atoms. The van der Waals surface area contributed by atoms with Crippen LogP contribution in [0.3, 0.4) is 0 Å². The quantitative estimate of drug-likeness (QED) is 0.818. The first-order valence-corrected chi connectivity index (χ1v) is 5.66. The highest BCUT2D eigenvalue weighted by atomic mass is 79.9. The molecule has 0 amide bonds. The van der Waals surface area contributed by atoms with Crippen molar-refractivity contribution in [1.82, 2.24) is 4.98 Å². The molecule has 2 rings (SSSR count). The molecule has 0 unspecified atom stereocenters. The lowest BCUT2D eigenvalue weighted by atomic mass is 10.1. The van der Waals surface area contributed by atoms with E-state index in [0.29, 0.717) is 0 Å². The van der Waals surface area contributed by atoms with Gasteiger partial charge in [-0.2, -0.15) is 0 Å². The molecule has 2 aromatic rings. The van der Waals surface area contributed by atoms with Crippen LogP contribution in [0.25, 0.3) is 10.8 Å². The minimum atomic E-state index is -1.09. The lowest BCUT2D eigenvalue weighted by molar-refractivity contribution is 0.0690. The van der Waals surface area contributed by atoms with Crippen LogP contribution in [0.2, 0.25) is 5.15 Å². The first kappa shape index (κ1) is 11.4. The summed E-state index contributed by atoms with van der Waals surface area (Å²) in [6.07, 6.45) is 0. The van der Waals surface area contributed by atoms with Gasteiger partial charge in [0.05, 0.1) is 0 Å². The predicted molar refractivity (Wildman–Crippen MR) is 66.1 cm³/mol. The third kappa shape index (κ3) is 1.90. The zero-order valence-electron chi connectivity index (χ0n) is 8.29. The summed E-state index contributed by atoms with van der Waals surface area (Å²) in [5.41, 5.74) is 0.980. The van der Waals surface area contributed by atoms with Gasteiger partial charge in [0, 0.05) is 15.2 Å². The molecular formula is C11H7BrClNO2. The number of carboxylic acids is 1. The summed E-state index contributed by atoms with van der Waals surface area (Å²) >= 11 is 9.34. The van der Waals surface area contributed by atoms with E-state index in [1.807, 2.05) is 19.1 Å². The highest BCUT2D eigenvalue weighted by molar-refractivity contribution is 9.10. The van der Waals surface area contributed by atoms with E-state index in [9.17, 15) is 4.79 Å². The maximum absolute atomic E-state index is 10.8. The molecule has 5 heteroatoms. The van der Waals surface area contributed by atoms with Crippen molar-refractivity contribution < 1.29 is 9.90 Å². The number of nitrogens with zero attached hydrogens (tertiary/aromatic N) is 1. The van der Waals surface area contributed by atoms with Crippen LogP contribution in [-0.2, 0) is 0 Å². The van der Waals surface area contributed by atoms with Crippen molar-refractivity contribution >= 4 is 44.3 Å². The van der Waals surface area contributed by atoms with E-state index in [4.69, 9.17) is 16.7 Å². The number of rotatable bonds is 1. The second kappa shape index (κ2) is 4.03. The van der Waals surface area contributed by atoms with Gasteiger partial charge in [0.25, 0.3) is 0 Å². The van der Waals surface area contributed by atoms with E-state index in [-0.39, 0.29) is 10.8 Å². The van der Waals surface area contributed by atoms with Crippen molar-refractivity contribution in [2.24, 2.45) is 0 Å². The maximum Gasteiger partial charge on any atom is 0.354 e. The summed E-state index contributed by atoms with van der Waals surface area (Å²) in [5, 5.41) is 10.6. The van der Waals surface area contributed by atoms with Crippen LogP contribution in [0.4, 0.5) is 0 Å². The number of halogens is 2. The highest BCUT2D eigenvalue weighted by Crippen LogP contribution is 2.30. The summed E-state index contributed by atoms with van der Waals surface area (Å²) in [5.74, 6) is -1.09. The number of carbonyl (C=O) groups is 1. The van der Waals surface area contributed by atoms with Gasteiger partial charge in [0.15, 0.2) is 5.69 Å². The molecule has 1 aromatic carbocycles. The fourth-order valence-electron chi connectivity index (χ4n) is 1.52. The maximum atomic E-state index is 10.8. The van der Waals surface area contributed by atoms with Crippen molar-refractivity contribution in [3.8, 4) is 0 Å². The topological polar surface area (TPSA) is 50.2 Å². The van der Waals surface area contributed by atoms with Gasteiger partial charge in [-0.25, -0.2) is 9.78 Å². The summed E-state index contributed by atoms with van der Waals surface area (Å²) in [7, 11) is 0. The Labute approximate surface area is 105 Å². The highest BCUT2D eigenvalue weighted by Gasteiger charge is 2.11. The Balaban J connectivity index is 2.87. The van der Waals surface area contributed by atoms with Gasteiger partial charge in [-0.15, -0.1) is 0 Å². The number of pyridine rings is 1. The van der Waals surface area contributed by atoms with Crippen LogP contribution in [-0.4, -0.2) is 16.1 Å². The monoisotopic (exact) mass is 299 g/mol. The number of aromatic carboxylic acids is 1. The number of fused-ring (bicyclic) bond motifs is 1. The lowest BCUT2D eigenvalue weighted by Crippen LogP contribution is -2.00. The Morgan fingerprint density at radius 2 is 2.06 bits per heavy atom. The number of hydrogen-bond acceptors (Lipinski definition) is 2. The van der Waals surface area contributed by atoms with Gasteiger partial charge in [-0.3, -0.25) is 0 Å². The summed E-state index contributed by atoms with van der Waals surface area (Å²) in [4.78, 5) is 14.7. The zero-order chi connectivity index (χ0) is 11.9. The Kier molecular flexibility index (Phi) is 2.86.